The molecule has 0 radical (unpaired) electrons. The molecule has 0 saturated heterocycles. The largest absolute Gasteiger partial charge is 0.482 e. The average Bonchev–Trinajstić information content (AvgIpc) is 2.48. The highest BCUT2D eigenvalue weighted by Gasteiger charge is 2.20. The standard InChI is InChI=1S/C15H10Br2FNO2/c16-11-3-2-9(18)6-10(11)15(17)8-1-4-13-12(5-8)19-14(20)7-21-13/h1-6,15H,7H2,(H,19,20). The molecule has 1 N–H and O–H groups in total. The predicted molar refractivity (Wildman–Crippen MR) is 85.4 cm³/mol. The monoisotopic (exact) mass is 413 g/mol. The molecule has 1 heterocycles. The lowest BCUT2D eigenvalue weighted by atomic mass is 10.0. The van der Waals surface area contributed by atoms with Crippen molar-refractivity contribution in [2.75, 3.05) is 11.9 Å². The van der Waals surface area contributed by atoms with Crippen LogP contribution in [-0.2, 0) is 4.79 Å². The minimum Gasteiger partial charge on any atom is -0.482 e. The van der Waals surface area contributed by atoms with Crippen LogP contribution in [0.3, 0.4) is 0 Å². The second-order valence-electron chi connectivity index (χ2n) is 4.62. The van der Waals surface area contributed by atoms with E-state index < -0.39 is 0 Å². The SMILES string of the molecule is O=C1COc2ccc(C(Br)c3cc(F)ccc3Br)cc2N1. The number of alkyl halides is 1. The fourth-order valence-electron chi connectivity index (χ4n) is 2.15. The number of hydrogen-bond donors (Lipinski definition) is 1. The highest BCUT2D eigenvalue weighted by molar-refractivity contribution is 9.11. The van der Waals surface area contributed by atoms with Crippen LogP contribution in [0.4, 0.5) is 10.1 Å². The van der Waals surface area contributed by atoms with Crippen molar-refractivity contribution in [3.05, 3.63) is 57.8 Å². The van der Waals surface area contributed by atoms with E-state index in [2.05, 4.69) is 37.2 Å². The lowest BCUT2D eigenvalue weighted by Crippen LogP contribution is -2.25. The molecule has 0 aromatic heterocycles. The van der Waals surface area contributed by atoms with Gasteiger partial charge in [0.15, 0.2) is 6.61 Å². The van der Waals surface area contributed by atoms with Crippen molar-refractivity contribution in [2.45, 2.75) is 4.83 Å². The van der Waals surface area contributed by atoms with Gasteiger partial charge in [-0.2, -0.15) is 0 Å². The predicted octanol–water partition coefficient (Wildman–Crippen LogP) is 4.40. The first-order chi connectivity index (χ1) is 10.0. The van der Waals surface area contributed by atoms with E-state index in [9.17, 15) is 9.18 Å². The molecule has 0 spiro atoms. The summed E-state index contributed by atoms with van der Waals surface area (Å²) < 4.78 is 19.6. The van der Waals surface area contributed by atoms with E-state index >= 15 is 0 Å². The summed E-state index contributed by atoms with van der Waals surface area (Å²) in [6.07, 6.45) is 0. The Morgan fingerprint density at radius 2 is 2.05 bits per heavy atom. The van der Waals surface area contributed by atoms with E-state index in [-0.39, 0.29) is 23.2 Å². The molecule has 21 heavy (non-hydrogen) atoms. The number of nitrogens with one attached hydrogen (secondary N) is 1. The number of ether oxygens (including phenoxy) is 1. The minimum absolute atomic E-state index is 0.0273. The van der Waals surface area contributed by atoms with E-state index in [1.165, 1.54) is 12.1 Å². The van der Waals surface area contributed by atoms with Crippen LogP contribution in [0.25, 0.3) is 0 Å². The summed E-state index contributed by atoms with van der Waals surface area (Å²) in [5, 5.41) is 2.76. The maximum atomic E-state index is 13.4. The Labute approximate surface area is 137 Å². The number of anilines is 1. The second kappa shape index (κ2) is 5.77. The number of carbonyl (C=O) groups is 1. The second-order valence-corrected chi connectivity index (χ2v) is 6.39. The number of amides is 1. The van der Waals surface area contributed by atoms with Gasteiger partial charge < -0.3 is 10.1 Å². The summed E-state index contributed by atoms with van der Waals surface area (Å²) in [7, 11) is 0. The first-order valence-electron chi connectivity index (χ1n) is 6.20. The van der Waals surface area contributed by atoms with E-state index in [4.69, 9.17) is 4.74 Å². The quantitative estimate of drug-likeness (QED) is 0.739. The van der Waals surface area contributed by atoms with Gasteiger partial charge in [-0.05, 0) is 41.5 Å². The molecule has 2 aromatic carbocycles. The summed E-state index contributed by atoms with van der Waals surface area (Å²) in [5.41, 5.74) is 2.30. The maximum absolute atomic E-state index is 13.4. The smallest absolute Gasteiger partial charge is 0.262 e. The van der Waals surface area contributed by atoms with Gasteiger partial charge in [0.2, 0.25) is 0 Å². The van der Waals surface area contributed by atoms with E-state index in [0.29, 0.717) is 11.4 Å². The molecule has 1 atom stereocenters. The van der Waals surface area contributed by atoms with E-state index in [1.54, 1.807) is 12.1 Å². The Kier molecular flexibility index (Phi) is 3.99. The van der Waals surface area contributed by atoms with Gasteiger partial charge in [0.05, 0.1) is 10.5 Å². The number of halogens is 3. The zero-order valence-electron chi connectivity index (χ0n) is 10.7. The number of fused-ring (bicyclic) bond motifs is 1. The van der Waals surface area contributed by atoms with Crippen LogP contribution in [0.1, 0.15) is 16.0 Å². The highest BCUT2D eigenvalue weighted by Crippen LogP contribution is 2.39. The van der Waals surface area contributed by atoms with Crippen molar-refractivity contribution >= 4 is 43.5 Å². The van der Waals surface area contributed by atoms with Gasteiger partial charge in [0, 0.05) is 4.47 Å². The molecule has 3 rings (SSSR count). The molecule has 0 bridgehead atoms. The molecule has 1 unspecified atom stereocenters. The maximum Gasteiger partial charge on any atom is 0.262 e. The Bertz CT molecular complexity index is 721. The summed E-state index contributed by atoms with van der Waals surface area (Å²) >= 11 is 6.99. The summed E-state index contributed by atoms with van der Waals surface area (Å²) in [5.74, 6) is 0.154. The van der Waals surface area contributed by atoms with Crippen LogP contribution < -0.4 is 10.1 Å². The van der Waals surface area contributed by atoms with Gasteiger partial charge in [0.25, 0.3) is 5.91 Å². The van der Waals surface area contributed by atoms with Gasteiger partial charge in [0.1, 0.15) is 11.6 Å². The Morgan fingerprint density at radius 3 is 2.86 bits per heavy atom. The van der Waals surface area contributed by atoms with Crippen molar-refractivity contribution in [1.82, 2.24) is 0 Å². The van der Waals surface area contributed by atoms with Gasteiger partial charge in [-0.15, -0.1) is 0 Å². The number of carbonyl (C=O) groups excluding carboxylic acids is 1. The summed E-state index contributed by atoms with van der Waals surface area (Å²) in [6, 6.07) is 10.0. The fourth-order valence-corrected chi connectivity index (χ4v) is 3.59. The van der Waals surface area contributed by atoms with Crippen molar-refractivity contribution in [3.63, 3.8) is 0 Å². The Morgan fingerprint density at radius 1 is 1.24 bits per heavy atom. The molecule has 2 aromatic rings. The van der Waals surface area contributed by atoms with Crippen molar-refractivity contribution in [3.8, 4) is 5.75 Å². The van der Waals surface area contributed by atoms with Gasteiger partial charge in [-0.1, -0.05) is 37.9 Å². The first-order valence-corrected chi connectivity index (χ1v) is 7.91. The molecule has 0 saturated carbocycles. The topological polar surface area (TPSA) is 38.3 Å². The third-order valence-corrected chi connectivity index (χ3v) is 4.90. The Hall–Kier alpha value is -1.40. The number of hydrogen-bond acceptors (Lipinski definition) is 2. The van der Waals surface area contributed by atoms with E-state index in [0.717, 1.165) is 15.6 Å². The van der Waals surface area contributed by atoms with Crippen molar-refractivity contribution in [2.24, 2.45) is 0 Å². The summed E-state index contributed by atoms with van der Waals surface area (Å²) in [4.78, 5) is 11.2. The third-order valence-electron chi connectivity index (χ3n) is 3.16. The molecular weight excluding hydrogens is 405 g/mol. The average molecular weight is 415 g/mol. The third kappa shape index (κ3) is 2.96. The molecule has 1 aliphatic rings. The van der Waals surface area contributed by atoms with Crippen LogP contribution in [-0.4, -0.2) is 12.5 Å². The lowest BCUT2D eigenvalue weighted by Gasteiger charge is -2.20. The van der Waals surface area contributed by atoms with Crippen molar-refractivity contribution in [1.29, 1.82) is 0 Å². The molecule has 108 valence electrons. The minimum atomic E-state index is -0.299. The lowest BCUT2D eigenvalue weighted by molar-refractivity contribution is -0.118. The highest BCUT2D eigenvalue weighted by atomic mass is 79.9. The normalized spacial score (nSPS) is 14.9. The number of rotatable bonds is 2. The van der Waals surface area contributed by atoms with Crippen LogP contribution in [0, 0.1) is 5.82 Å². The first kappa shape index (κ1) is 14.5. The van der Waals surface area contributed by atoms with Crippen LogP contribution in [0.5, 0.6) is 5.75 Å². The van der Waals surface area contributed by atoms with E-state index in [1.807, 2.05) is 12.1 Å². The van der Waals surface area contributed by atoms with Crippen LogP contribution in [0.2, 0.25) is 0 Å². The molecule has 3 nitrogen and oxygen atoms in total. The van der Waals surface area contributed by atoms with Crippen molar-refractivity contribution < 1.29 is 13.9 Å². The zero-order chi connectivity index (χ0) is 15.0. The number of benzene rings is 2. The molecule has 0 aliphatic carbocycles. The van der Waals surface area contributed by atoms with Gasteiger partial charge >= 0.3 is 0 Å². The molecular formula is C15H10Br2FNO2. The Balaban J connectivity index is 1.98. The zero-order valence-corrected chi connectivity index (χ0v) is 13.9. The fraction of sp³-hybridized carbons (Fsp3) is 0.133. The molecule has 1 amide bonds. The van der Waals surface area contributed by atoms with Gasteiger partial charge in [-0.3, -0.25) is 4.79 Å². The molecule has 0 fully saturated rings. The van der Waals surface area contributed by atoms with Crippen LogP contribution in [0.15, 0.2) is 40.9 Å². The van der Waals surface area contributed by atoms with Gasteiger partial charge in [-0.25, -0.2) is 4.39 Å². The molecule has 6 heteroatoms. The molecule has 1 aliphatic heterocycles. The summed E-state index contributed by atoms with van der Waals surface area (Å²) in [6.45, 7) is 0.0273. The van der Waals surface area contributed by atoms with Crippen LogP contribution >= 0.6 is 31.9 Å².